The van der Waals surface area contributed by atoms with Gasteiger partial charge in [-0.05, 0) is 45.4 Å². The summed E-state index contributed by atoms with van der Waals surface area (Å²) in [5.74, 6) is -0.838. The van der Waals surface area contributed by atoms with E-state index in [0.717, 1.165) is 0 Å². The fourth-order valence-corrected chi connectivity index (χ4v) is 3.51. The first-order chi connectivity index (χ1) is 16.9. The van der Waals surface area contributed by atoms with Crippen molar-refractivity contribution in [1.29, 1.82) is 0 Å². The van der Waals surface area contributed by atoms with Crippen molar-refractivity contribution in [2.24, 2.45) is 0 Å². The van der Waals surface area contributed by atoms with Crippen molar-refractivity contribution in [3.63, 3.8) is 0 Å². The molecular weight excluding hydrogens is 481 g/mol. The van der Waals surface area contributed by atoms with Gasteiger partial charge in [0.05, 0.1) is 36.8 Å². The molecule has 1 aliphatic carbocycles. The molecule has 2 heterocycles. The van der Waals surface area contributed by atoms with Crippen LogP contribution in [0.15, 0.2) is 24.5 Å². The molecule has 1 aromatic carbocycles. The Morgan fingerprint density at radius 1 is 1.25 bits per heavy atom. The largest absolute Gasteiger partial charge is 0.496 e. The third kappa shape index (κ3) is 5.18. The first-order valence-corrected chi connectivity index (χ1v) is 11.2. The lowest BCUT2D eigenvalue weighted by Crippen LogP contribution is -2.38. The van der Waals surface area contributed by atoms with Crippen LogP contribution in [0.2, 0.25) is 0 Å². The summed E-state index contributed by atoms with van der Waals surface area (Å²) in [5.41, 5.74) is 0.351. The Morgan fingerprint density at radius 2 is 1.92 bits per heavy atom. The zero-order valence-electron chi connectivity index (χ0n) is 20.4. The summed E-state index contributed by atoms with van der Waals surface area (Å²) in [5, 5.41) is 16.9. The van der Waals surface area contributed by atoms with Gasteiger partial charge in [-0.15, -0.1) is 0 Å². The molecule has 0 saturated heterocycles. The molecule has 4 rings (SSSR count). The van der Waals surface area contributed by atoms with E-state index in [0.29, 0.717) is 28.2 Å². The van der Waals surface area contributed by atoms with Crippen LogP contribution in [0.5, 0.6) is 17.2 Å². The number of amides is 1. The molecule has 1 saturated carbocycles. The Hall–Kier alpha value is -3.54. The highest BCUT2D eigenvalue weighted by atomic mass is 19.3. The van der Waals surface area contributed by atoms with Crippen molar-refractivity contribution in [3.8, 4) is 28.4 Å². The van der Waals surface area contributed by atoms with Crippen LogP contribution in [-0.2, 0) is 0 Å². The summed E-state index contributed by atoms with van der Waals surface area (Å²) < 4.78 is 57.0. The molecule has 1 fully saturated rings. The van der Waals surface area contributed by atoms with Crippen molar-refractivity contribution in [2.75, 3.05) is 7.11 Å². The van der Waals surface area contributed by atoms with E-state index in [4.69, 9.17) is 9.47 Å². The highest BCUT2D eigenvalue weighted by Gasteiger charge is 2.40. The molecule has 3 atom stereocenters. The number of hydrogen-bond donors (Lipinski definition) is 2. The van der Waals surface area contributed by atoms with Gasteiger partial charge in [0.2, 0.25) is 0 Å². The maximum Gasteiger partial charge on any atom is 0.387 e. The van der Waals surface area contributed by atoms with E-state index >= 15 is 0 Å². The average Bonchev–Trinajstić information content (AvgIpc) is 3.32. The standard InChI is InChI=1S/C24H27F3N4O5/c1-11-19(35-12(2)24(3,4)33)10-31-21(29-11)14(9-28-31)13-6-17(34-5)20(18(7-13)36-23(26)27)22(32)30-16-8-15(16)25/h6-7,9-10,12,15-16,23,33H,8H2,1-5H3,(H,30,32)/t12-,15+,16?/m1/s1. The summed E-state index contributed by atoms with van der Waals surface area (Å²) in [4.78, 5) is 17.3. The van der Waals surface area contributed by atoms with Crippen molar-refractivity contribution in [3.05, 3.63) is 35.8 Å². The van der Waals surface area contributed by atoms with Crippen molar-refractivity contribution in [1.82, 2.24) is 19.9 Å². The summed E-state index contributed by atoms with van der Waals surface area (Å²) in [6, 6.07) is 2.06. The molecule has 12 heteroatoms. The molecule has 0 spiro atoms. The zero-order valence-corrected chi connectivity index (χ0v) is 20.4. The number of rotatable bonds is 9. The SMILES string of the molecule is COc1cc(-c2cnn3cc(O[C@H](C)C(C)(C)O)c(C)nc23)cc(OC(F)F)c1C(=O)NC1C[C@@H]1F. The van der Waals surface area contributed by atoms with Crippen LogP contribution < -0.4 is 19.5 Å². The summed E-state index contributed by atoms with van der Waals surface area (Å²) in [6.45, 7) is 3.49. The smallest absolute Gasteiger partial charge is 0.387 e. The van der Waals surface area contributed by atoms with E-state index in [9.17, 15) is 23.1 Å². The number of benzene rings is 1. The van der Waals surface area contributed by atoms with Crippen LogP contribution in [0.25, 0.3) is 16.8 Å². The third-order valence-corrected chi connectivity index (χ3v) is 6.01. The molecule has 194 valence electrons. The number of nitrogens with one attached hydrogen (secondary N) is 1. The minimum absolute atomic E-state index is 0.0354. The normalized spacial score (nSPS) is 18.3. The van der Waals surface area contributed by atoms with E-state index in [1.54, 1.807) is 33.9 Å². The van der Waals surface area contributed by atoms with Crippen LogP contribution in [0.3, 0.4) is 0 Å². The molecule has 1 unspecified atom stereocenters. The van der Waals surface area contributed by atoms with Gasteiger partial charge in [-0.3, -0.25) is 4.79 Å². The number of carbonyl (C=O) groups is 1. The number of aliphatic hydroxyl groups is 1. The lowest BCUT2D eigenvalue weighted by atomic mass is 10.0. The molecule has 2 N–H and O–H groups in total. The van der Waals surface area contributed by atoms with E-state index in [-0.39, 0.29) is 17.7 Å². The van der Waals surface area contributed by atoms with E-state index in [1.807, 2.05) is 0 Å². The monoisotopic (exact) mass is 508 g/mol. The van der Waals surface area contributed by atoms with E-state index in [1.165, 1.54) is 30.0 Å². The van der Waals surface area contributed by atoms with Crippen molar-refractivity contribution < 1.29 is 37.3 Å². The van der Waals surface area contributed by atoms with Crippen LogP contribution in [-0.4, -0.2) is 63.3 Å². The predicted molar refractivity (Wildman–Crippen MR) is 123 cm³/mol. The Kier molecular flexibility index (Phi) is 6.74. The van der Waals surface area contributed by atoms with Crippen LogP contribution in [0.4, 0.5) is 13.2 Å². The van der Waals surface area contributed by atoms with Gasteiger partial charge >= 0.3 is 6.61 Å². The average molecular weight is 508 g/mol. The number of fused-ring (bicyclic) bond motifs is 1. The molecule has 0 bridgehead atoms. The van der Waals surface area contributed by atoms with Gasteiger partial charge in [-0.1, -0.05) is 0 Å². The molecule has 3 aromatic rings. The van der Waals surface area contributed by atoms with Gasteiger partial charge < -0.3 is 24.6 Å². The van der Waals surface area contributed by atoms with Gasteiger partial charge in [0.25, 0.3) is 5.91 Å². The first-order valence-electron chi connectivity index (χ1n) is 11.2. The lowest BCUT2D eigenvalue weighted by molar-refractivity contribution is -0.0502. The fourth-order valence-electron chi connectivity index (χ4n) is 3.51. The highest BCUT2D eigenvalue weighted by molar-refractivity contribution is 6.01. The summed E-state index contributed by atoms with van der Waals surface area (Å²) in [6.07, 6.45) is 1.52. The number of nitrogens with zero attached hydrogens (tertiary/aromatic N) is 3. The predicted octanol–water partition coefficient (Wildman–Crippen LogP) is 3.69. The van der Waals surface area contributed by atoms with Crippen molar-refractivity contribution in [2.45, 2.75) is 64.6 Å². The second kappa shape index (κ2) is 9.49. The topological polar surface area (TPSA) is 107 Å². The minimum Gasteiger partial charge on any atom is -0.496 e. The number of hydrogen-bond acceptors (Lipinski definition) is 7. The molecule has 1 aliphatic rings. The molecule has 36 heavy (non-hydrogen) atoms. The second-order valence-corrected chi connectivity index (χ2v) is 9.19. The Balaban J connectivity index is 1.76. The lowest BCUT2D eigenvalue weighted by Gasteiger charge is -2.27. The van der Waals surface area contributed by atoms with Gasteiger partial charge in [0.15, 0.2) is 11.4 Å². The first kappa shape index (κ1) is 25.5. The number of carbonyl (C=O) groups excluding carboxylic acids is 1. The third-order valence-electron chi connectivity index (χ3n) is 6.01. The van der Waals surface area contributed by atoms with E-state index in [2.05, 4.69) is 20.1 Å². The number of aryl methyl sites for hydroxylation is 1. The highest BCUT2D eigenvalue weighted by Crippen LogP contribution is 2.38. The minimum atomic E-state index is -3.21. The number of alkyl halides is 3. The zero-order chi connectivity index (χ0) is 26.4. The van der Waals surface area contributed by atoms with Gasteiger partial charge in [-0.25, -0.2) is 13.9 Å². The molecular formula is C24H27F3N4O5. The maximum atomic E-state index is 13.3. The maximum absolute atomic E-state index is 13.3. The van der Waals surface area contributed by atoms with Gasteiger partial charge in [0.1, 0.15) is 29.3 Å². The van der Waals surface area contributed by atoms with Crippen LogP contribution in [0.1, 0.15) is 43.2 Å². The Labute approximate surface area is 205 Å². The van der Waals surface area contributed by atoms with Crippen LogP contribution in [0, 0.1) is 6.92 Å². The fraction of sp³-hybridized carbons (Fsp3) is 0.458. The number of ether oxygens (including phenoxy) is 3. The number of halogens is 3. The number of aromatic nitrogens is 3. The second-order valence-electron chi connectivity index (χ2n) is 9.19. The molecule has 9 nitrogen and oxygen atoms in total. The van der Waals surface area contributed by atoms with Gasteiger partial charge in [-0.2, -0.15) is 13.9 Å². The van der Waals surface area contributed by atoms with Crippen LogP contribution >= 0.6 is 0 Å². The molecule has 0 radical (unpaired) electrons. The number of methoxy groups -OCH3 is 1. The Bertz CT molecular complexity index is 1290. The molecule has 1 amide bonds. The van der Waals surface area contributed by atoms with E-state index < -0.39 is 42.2 Å². The molecule has 0 aliphatic heterocycles. The molecule has 2 aromatic heterocycles. The quantitative estimate of drug-likeness (QED) is 0.454. The van der Waals surface area contributed by atoms with Gasteiger partial charge in [0, 0.05) is 12.0 Å². The Morgan fingerprint density at radius 3 is 2.50 bits per heavy atom. The van der Waals surface area contributed by atoms with Crippen molar-refractivity contribution >= 4 is 11.6 Å². The summed E-state index contributed by atoms with van der Waals surface area (Å²) in [7, 11) is 1.28. The summed E-state index contributed by atoms with van der Waals surface area (Å²) >= 11 is 0.